The van der Waals surface area contributed by atoms with E-state index in [1.54, 1.807) is 50.2 Å². The summed E-state index contributed by atoms with van der Waals surface area (Å²) in [6.07, 6.45) is 3.82. The Bertz CT molecular complexity index is 2630. The van der Waals surface area contributed by atoms with Gasteiger partial charge in [-0.25, -0.2) is 28.6 Å². The van der Waals surface area contributed by atoms with E-state index in [-0.39, 0.29) is 48.6 Å². The molecule has 17 heteroatoms. The minimum Gasteiger partial charge on any atom is -0.478 e. The van der Waals surface area contributed by atoms with Crippen LogP contribution < -0.4 is 15.2 Å². The predicted octanol–water partition coefficient (Wildman–Crippen LogP) is 8.89. The molecule has 0 aliphatic heterocycles. The Labute approximate surface area is 363 Å². The molecule has 1 saturated carbocycles. The number of hydrogen-bond acceptors (Lipinski definition) is 12. The van der Waals surface area contributed by atoms with E-state index in [1.165, 1.54) is 48.2 Å². The van der Waals surface area contributed by atoms with Gasteiger partial charge < -0.3 is 25.0 Å². The van der Waals surface area contributed by atoms with Gasteiger partial charge in [-0.3, -0.25) is 18.6 Å². The van der Waals surface area contributed by atoms with Gasteiger partial charge >= 0.3 is 19.9 Å². The van der Waals surface area contributed by atoms with Crippen LogP contribution in [0.3, 0.4) is 0 Å². The number of aromatic nitrogens is 3. The summed E-state index contributed by atoms with van der Waals surface area (Å²) in [5.74, 6) is -2.06. The second-order valence-electron chi connectivity index (χ2n) is 15.2. The van der Waals surface area contributed by atoms with Gasteiger partial charge in [0.2, 0.25) is 5.60 Å². The van der Waals surface area contributed by atoms with Crippen molar-refractivity contribution >= 4 is 48.7 Å². The van der Waals surface area contributed by atoms with E-state index in [0.29, 0.717) is 34.6 Å². The Morgan fingerprint density at radius 3 is 2.13 bits per heavy atom. The Morgan fingerprint density at radius 2 is 1.54 bits per heavy atom. The molecule has 3 N–H and O–H groups in total. The molecule has 16 nitrogen and oxygen atoms in total. The first kappa shape index (κ1) is 44.2. The first-order chi connectivity index (χ1) is 30.3. The first-order valence-electron chi connectivity index (χ1n) is 20.3. The summed E-state index contributed by atoms with van der Waals surface area (Å²) in [6.45, 7) is 6.26. The van der Waals surface area contributed by atoms with Crippen molar-refractivity contribution in [1.82, 2.24) is 24.8 Å². The SMILES string of the molecule is CCCN(C(=O)OC(C)(C(=O)O)c1ccc(OP(=O)(OCc2ccccc2)OCc2ccccc2)cc1)C(=O)c1cn2ncnc(Nc3cc(C(=O)NC4CC4)ccc3C)c2c1C. The lowest BCUT2D eigenvalue weighted by Gasteiger charge is -2.29. The lowest BCUT2D eigenvalue weighted by molar-refractivity contribution is -0.158. The van der Waals surface area contributed by atoms with Gasteiger partial charge in [-0.05, 0) is 86.6 Å². The number of ether oxygens (including phenoxy) is 1. The zero-order chi connectivity index (χ0) is 44.7. The number of benzene rings is 4. The van der Waals surface area contributed by atoms with E-state index in [2.05, 4.69) is 20.7 Å². The van der Waals surface area contributed by atoms with Crippen LogP contribution in [0.5, 0.6) is 5.75 Å². The fourth-order valence-electron chi connectivity index (χ4n) is 6.60. The molecule has 0 radical (unpaired) electrons. The molecule has 63 heavy (non-hydrogen) atoms. The number of carboxylic acid groups (broad SMARTS) is 1. The standard InChI is InChI=1S/C46H47N6O10P/c1-5-24-51(43(54)38-26-52-40(31(38)3)41(47-29-48-52)50-39-25-34(17-16-30(39)2)42(53)49-36-20-21-36)45(57)61-46(4,44(55)56)35-18-22-37(23-19-35)62-63(58,59-27-32-12-8-6-9-13-32)60-28-33-14-10-7-11-15-33/h6-19,22-23,25-26,29,36H,5,20-21,24,27-28H2,1-4H3,(H,49,53)(H,55,56)(H,47,48,50). The van der Waals surface area contributed by atoms with Crippen LogP contribution in [0.15, 0.2) is 116 Å². The number of carboxylic acids is 1. The van der Waals surface area contributed by atoms with Gasteiger partial charge in [0.1, 0.15) is 17.6 Å². The molecule has 0 bridgehead atoms. The fourth-order valence-corrected chi connectivity index (χ4v) is 7.77. The molecule has 1 aliphatic carbocycles. The number of fused-ring (bicyclic) bond motifs is 1. The molecule has 0 saturated heterocycles. The van der Waals surface area contributed by atoms with E-state index in [0.717, 1.165) is 34.4 Å². The molecule has 2 aromatic heterocycles. The van der Waals surface area contributed by atoms with Crippen molar-refractivity contribution in [2.75, 3.05) is 11.9 Å². The Hall–Kier alpha value is -6.87. The minimum absolute atomic E-state index is 0.0194. The van der Waals surface area contributed by atoms with Crippen LogP contribution in [0, 0.1) is 13.8 Å². The number of carbonyl (C=O) groups is 4. The highest BCUT2D eigenvalue weighted by atomic mass is 31.2. The Morgan fingerprint density at radius 1 is 0.905 bits per heavy atom. The van der Waals surface area contributed by atoms with Gasteiger partial charge in [-0.1, -0.05) is 85.8 Å². The van der Waals surface area contributed by atoms with Crippen molar-refractivity contribution in [1.29, 1.82) is 0 Å². The Balaban J connectivity index is 1.09. The molecule has 1 aliphatic rings. The number of amides is 3. The zero-order valence-corrected chi connectivity index (χ0v) is 36.0. The third-order valence-corrected chi connectivity index (χ3v) is 11.7. The highest BCUT2D eigenvalue weighted by Crippen LogP contribution is 2.51. The van der Waals surface area contributed by atoms with E-state index >= 15 is 0 Å². The van der Waals surface area contributed by atoms with Crippen LogP contribution >= 0.6 is 7.82 Å². The first-order valence-corrected chi connectivity index (χ1v) is 21.8. The van der Waals surface area contributed by atoms with E-state index in [9.17, 15) is 28.8 Å². The number of imide groups is 1. The van der Waals surface area contributed by atoms with E-state index in [1.807, 2.05) is 49.4 Å². The minimum atomic E-state index is -4.25. The summed E-state index contributed by atoms with van der Waals surface area (Å²) in [4.78, 5) is 59.2. The second kappa shape index (κ2) is 19.0. The number of phosphoric ester groups is 1. The molecule has 2 heterocycles. The number of nitrogens with zero attached hydrogens (tertiary/aromatic N) is 4. The second-order valence-corrected chi connectivity index (χ2v) is 16.8. The summed E-state index contributed by atoms with van der Waals surface area (Å²) >= 11 is 0. The van der Waals surface area contributed by atoms with Gasteiger partial charge in [0.25, 0.3) is 11.8 Å². The molecule has 7 rings (SSSR count). The smallest absolute Gasteiger partial charge is 0.478 e. The maximum absolute atomic E-state index is 14.2. The maximum atomic E-state index is 14.2. The number of aryl methyl sites for hydroxylation is 2. The van der Waals surface area contributed by atoms with Crippen LogP contribution in [-0.4, -0.2) is 61.1 Å². The number of carbonyl (C=O) groups excluding carboxylic acids is 3. The van der Waals surface area contributed by atoms with E-state index < -0.39 is 31.4 Å². The van der Waals surface area contributed by atoms with Crippen LogP contribution in [0.25, 0.3) is 5.52 Å². The van der Waals surface area contributed by atoms with Crippen LogP contribution in [0.4, 0.5) is 16.3 Å². The van der Waals surface area contributed by atoms with Crippen LogP contribution in [0.1, 0.15) is 81.6 Å². The summed E-state index contributed by atoms with van der Waals surface area (Å²) in [5.41, 5.74) is 2.12. The van der Waals surface area contributed by atoms with Crippen molar-refractivity contribution in [3.63, 3.8) is 0 Å². The molecule has 0 spiro atoms. The number of aliphatic carboxylic acids is 1. The maximum Gasteiger partial charge on any atom is 0.530 e. The average molecular weight is 875 g/mol. The van der Waals surface area contributed by atoms with E-state index in [4.69, 9.17) is 18.3 Å². The molecule has 1 unspecified atom stereocenters. The molecule has 326 valence electrons. The lowest BCUT2D eigenvalue weighted by Crippen LogP contribution is -2.45. The van der Waals surface area contributed by atoms with Crippen LogP contribution in [0.2, 0.25) is 0 Å². The van der Waals surface area contributed by atoms with Gasteiger partial charge in [0, 0.05) is 35.6 Å². The molecular formula is C46H47N6O10P. The third-order valence-electron chi connectivity index (χ3n) is 10.4. The van der Waals surface area contributed by atoms with Gasteiger partial charge in [-0.15, -0.1) is 0 Å². The average Bonchev–Trinajstić information content (AvgIpc) is 4.04. The highest BCUT2D eigenvalue weighted by molar-refractivity contribution is 7.48. The summed E-state index contributed by atoms with van der Waals surface area (Å²) in [5, 5.41) is 21.0. The number of hydrogen-bond donors (Lipinski definition) is 3. The number of anilines is 2. The topological polar surface area (TPSA) is 200 Å². The number of rotatable bonds is 18. The van der Waals surface area contributed by atoms with Crippen molar-refractivity contribution in [2.45, 2.75) is 71.8 Å². The third kappa shape index (κ3) is 10.4. The van der Waals surface area contributed by atoms with Gasteiger partial charge in [0.15, 0.2) is 5.82 Å². The van der Waals surface area contributed by atoms with Crippen molar-refractivity contribution in [3.05, 3.63) is 155 Å². The van der Waals surface area contributed by atoms with Gasteiger partial charge in [-0.2, -0.15) is 5.10 Å². The monoisotopic (exact) mass is 874 g/mol. The predicted molar refractivity (Wildman–Crippen MR) is 233 cm³/mol. The molecular weight excluding hydrogens is 828 g/mol. The Kier molecular flexibility index (Phi) is 13.4. The fraction of sp³-hybridized carbons (Fsp3) is 0.261. The van der Waals surface area contributed by atoms with Crippen molar-refractivity contribution in [2.24, 2.45) is 0 Å². The lowest BCUT2D eigenvalue weighted by atomic mass is 9.96. The largest absolute Gasteiger partial charge is 0.530 e. The van der Waals surface area contributed by atoms with Crippen molar-refractivity contribution < 1.29 is 47.2 Å². The van der Waals surface area contributed by atoms with Crippen LogP contribution in [-0.2, 0) is 42.0 Å². The molecule has 1 atom stereocenters. The molecule has 1 fully saturated rings. The molecule has 4 aromatic carbocycles. The molecule has 3 amide bonds. The summed E-state index contributed by atoms with van der Waals surface area (Å²) < 4.78 is 38.3. The van der Waals surface area contributed by atoms with Gasteiger partial charge in [0.05, 0.1) is 18.8 Å². The number of phosphoric acid groups is 1. The molecule has 6 aromatic rings. The number of nitrogens with one attached hydrogen (secondary N) is 2. The quantitative estimate of drug-likeness (QED) is 0.0692. The normalized spacial score (nSPS) is 13.5. The zero-order valence-electron chi connectivity index (χ0n) is 35.1. The highest BCUT2D eigenvalue weighted by Gasteiger charge is 2.42. The summed E-state index contributed by atoms with van der Waals surface area (Å²) in [7, 11) is -4.25. The summed E-state index contributed by atoms with van der Waals surface area (Å²) in [6, 6.07) is 29.0. The van der Waals surface area contributed by atoms with Crippen molar-refractivity contribution in [3.8, 4) is 5.75 Å².